The first-order valence-electron chi connectivity index (χ1n) is 21.7. The molecule has 2 aromatic heterocycles. The summed E-state index contributed by atoms with van der Waals surface area (Å²) in [7, 11) is 0. The predicted molar refractivity (Wildman–Crippen MR) is 278 cm³/mol. The van der Waals surface area contributed by atoms with Crippen LogP contribution in [0.15, 0.2) is 243 Å². The molecule has 0 bridgehead atoms. The van der Waals surface area contributed by atoms with E-state index >= 15 is 0 Å². The molecule has 12 rings (SSSR count). The third-order valence-corrected chi connectivity index (χ3v) is 14.7. The van der Waals surface area contributed by atoms with E-state index in [-0.39, 0.29) is 0 Å². The molecule has 0 amide bonds. The smallest absolute Gasteiger partial charge is 0.0640 e. The first-order chi connectivity index (χ1) is 31.7. The Hall–Kier alpha value is -7.76. The fraction of sp³-hybridized carbons (Fsp3) is 0. The first-order valence-corrected chi connectivity index (χ1v) is 23.3. The molecule has 12 aromatic rings. The summed E-state index contributed by atoms with van der Waals surface area (Å²) in [5.41, 5.74) is 13.8. The fourth-order valence-corrected chi connectivity index (χ4v) is 11.6. The van der Waals surface area contributed by atoms with Crippen molar-refractivity contribution in [3.8, 4) is 33.4 Å². The van der Waals surface area contributed by atoms with Gasteiger partial charge in [0.05, 0.1) is 20.8 Å². The maximum atomic E-state index is 2.43. The molecule has 2 nitrogen and oxygen atoms in total. The Morgan fingerprint density at radius 2 is 0.578 bits per heavy atom. The summed E-state index contributed by atoms with van der Waals surface area (Å²) in [6.45, 7) is 0. The predicted octanol–water partition coefficient (Wildman–Crippen LogP) is 18.4. The summed E-state index contributed by atoms with van der Waals surface area (Å²) in [5.74, 6) is 0. The van der Waals surface area contributed by atoms with Gasteiger partial charge in [0.15, 0.2) is 0 Å². The van der Waals surface area contributed by atoms with Crippen LogP contribution in [-0.2, 0) is 0 Å². The second-order valence-electron chi connectivity index (χ2n) is 16.1. The highest BCUT2D eigenvalue weighted by Gasteiger charge is 2.21. The van der Waals surface area contributed by atoms with E-state index in [2.05, 4.69) is 252 Å². The van der Waals surface area contributed by atoms with E-state index in [0.717, 1.165) is 33.9 Å². The van der Waals surface area contributed by atoms with Crippen LogP contribution in [0.25, 0.3) is 73.7 Å². The Balaban J connectivity index is 0.995. The molecule has 0 aliphatic carbocycles. The summed E-state index contributed by atoms with van der Waals surface area (Å²) in [6.07, 6.45) is 0. The number of rotatable bonds is 9. The molecule has 0 aliphatic heterocycles. The quantitative estimate of drug-likeness (QED) is 0.143. The normalized spacial score (nSPS) is 11.4. The van der Waals surface area contributed by atoms with Gasteiger partial charge in [-0.25, -0.2) is 0 Å². The maximum absolute atomic E-state index is 2.43. The first kappa shape index (κ1) is 38.0. The highest BCUT2D eigenvalue weighted by molar-refractivity contribution is 7.26. The van der Waals surface area contributed by atoms with E-state index in [9.17, 15) is 0 Å². The Labute approximate surface area is 380 Å². The van der Waals surface area contributed by atoms with Gasteiger partial charge in [-0.2, -0.15) is 0 Å². The Kier molecular flexibility index (Phi) is 9.59. The van der Waals surface area contributed by atoms with Crippen molar-refractivity contribution < 1.29 is 0 Å². The van der Waals surface area contributed by atoms with Crippen molar-refractivity contribution in [2.75, 3.05) is 9.80 Å². The summed E-state index contributed by atoms with van der Waals surface area (Å²) in [5, 5.41) is 5.14. The fourth-order valence-electron chi connectivity index (χ4n) is 9.19. The second kappa shape index (κ2) is 16.2. The number of anilines is 6. The number of nitrogens with zero attached hydrogens (tertiary/aromatic N) is 2. The highest BCUT2D eigenvalue weighted by Crippen LogP contribution is 2.48. The van der Waals surface area contributed by atoms with Crippen LogP contribution in [0.5, 0.6) is 0 Å². The lowest BCUT2D eigenvalue weighted by Crippen LogP contribution is -2.10. The van der Waals surface area contributed by atoms with E-state index in [1.165, 1.54) is 74.0 Å². The molecule has 0 unspecified atom stereocenters. The van der Waals surface area contributed by atoms with Gasteiger partial charge in [-0.05, 0) is 106 Å². The van der Waals surface area contributed by atoms with Gasteiger partial charge in [-0.3, -0.25) is 0 Å². The Morgan fingerprint density at radius 3 is 1.02 bits per heavy atom. The zero-order chi connectivity index (χ0) is 42.4. The van der Waals surface area contributed by atoms with Crippen molar-refractivity contribution in [3.63, 3.8) is 0 Å². The standard InChI is InChI=1S/C60H40N2S2/c1-3-15-41(16-4-1)43-31-35-47(36-32-43)61(55-27-13-25-53-51-23-7-9-29-57(51)63-59(53)55)49-21-11-19-45(39-49)46-20-12-22-50(40-46)62(48-37-33-44(34-38-48)42-17-5-2-6-18-42)56-28-14-26-54-52-24-8-10-30-58(52)64-60(54)56/h1-40H. The average Bonchev–Trinajstić information content (AvgIpc) is 3.95. The molecule has 0 aliphatic rings. The molecule has 10 aromatic carbocycles. The summed E-state index contributed by atoms with van der Waals surface area (Å²) in [6, 6.07) is 88.3. The molecule has 0 radical (unpaired) electrons. The van der Waals surface area contributed by atoms with Crippen molar-refractivity contribution in [1.29, 1.82) is 0 Å². The Bertz CT molecular complexity index is 3370. The van der Waals surface area contributed by atoms with Gasteiger partial charge in [0.1, 0.15) is 0 Å². The van der Waals surface area contributed by atoms with Gasteiger partial charge < -0.3 is 9.80 Å². The van der Waals surface area contributed by atoms with Crippen LogP contribution < -0.4 is 9.80 Å². The van der Waals surface area contributed by atoms with Crippen LogP contribution in [0.4, 0.5) is 34.1 Å². The Morgan fingerprint density at radius 1 is 0.234 bits per heavy atom. The summed E-state index contributed by atoms with van der Waals surface area (Å²) < 4.78 is 5.13. The minimum Gasteiger partial charge on any atom is -0.309 e. The highest BCUT2D eigenvalue weighted by atomic mass is 32.1. The number of fused-ring (bicyclic) bond motifs is 6. The molecule has 0 fully saturated rings. The van der Waals surface area contributed by atoms with Crippen LogP contribution in [0.1, 0.15) is 0 Å². The van der Waals surface area contributed by atoms with Gasteiger partial charge >= 0.3 is 0 Å². The molecule has 302 valence electrons. The number of hydrogen-bond donors (Lipinski definition) is 0. The number of benzene rings is 10. The second-order valence-corrected chi connectivity index (χ2v) is 18.2. The lowest BCUT2D eigenvalue weighted by atomic mass is 10.0. The summed E-state index contributed by atoms with van der Waals surface area (Å²) in [4.78, 5) is 4.87. The SMILES string of the molecule is c1ccc(-c2ccc(N(c3cccc(-c4cccc(N(c5ccc(-c6ccccc6)cc5)c5cccc6c5sc5ccccc56)c4)c3)c3cccc4c3sc3ccccc34)cc2)cc1. The molecular weight excluding hydrogens is 813 g/mol. The van der Waals surface area contributed by atoms with Crippen molar-refractivity contribution in [2.45, 2.75) is 0 Å². The molecule has 64 heavy (non-hydrogen) atoms. The molecule has 0 atom stereocenters. The lowest BCUT2D eigenvalue weighted by molar-refractivity contribution is 1.29. The molecule has 0 N–H and O–H groups in total. The average molecular weight is 853 g/mol. The van der Waals surface area contributed by atoms with Gasteiger partial charge in [0, 0.05) is 53.7 Å². The van der Waals surface area contributed by atoms with Crippen LogP contribution in [-0.4, -0.2) is 0 Å². The minimum atomic E-state index is 1.10. The third kappa shape index (κ3) is 6.81. The minimum absolute atomic E-state index is 1.10. The van der Waals surface area contributed by atoms with E-state index < -0.39 is 0 Å². The van der Waals surface area contributed by atoms with Crippen molar-refractivity contribution in [3.05, 3.63) is 243 Å². The van der Waals surface area contributed by atoms with Crippen LogP contribution >= 0.6 is 22.7 Å². The molecule has 4 heteroatoms. The zero-order valence-electron chi connectivity index (χ0n) is 34.8. The lowest BCUT2D eigenvalue weighted by Gasteiger charge is -2.28. The van der Waals surface area contributed by atoms with E-state index in [4.69, 9.17) is 0 Å². The van der Waals surface area contributed by atoms with Gasteiger partial charge in [0.25, 0.3) is 0 Å². The van der Waals surface area contributed by atoms with Crippen molar-refractivity contribution >= 4 is 97.1 Å². The van der Waals surface area contributed by atoms with Gasteiger partial charge in [-0.15, -0.1) is 22.7 Å². The third-order valence-electron chi connectivity index (χ3n) is 12.3. The largest absolute Gasteiger partial charge is 0.309 e. The number of hydrogen-bond acceptors (Lipinski definition) is 4. The van der Waals surface area contributed by atoms with E-state index in [1.807, 2.05) is 22.7 Å². The molecule has 2 heterocycles. The summed E-state index contributed by atoms with van der Waals surface area (Å²) >= 11 is 3.73. The van der Waals surface area contributed by atoms with Crippen molar-refractivity contribution in [2.24, 2.45) is 0 Å². The van der Waals surface area contributed by atoms with Crippen LogP contribution in [0, 0.1) is 0 Å². The van der Waals surface area contributed by atoms with Crippen molar-refractivity contribution in [1.82, 2.24) is 0 Å². The molecule has 0 saturated carbocycles. The van der Waals surface area contributed by atoms with E-state index in [1.54, 1.807) is 0 Å². The van der Waals surface area contributed by atoms with Gasteiger partial charge in [-0.1, -0.05) is 170 Å². The zero-order valence-corrected chi connectivity index (χ0v) is 36.4. The molecule has 0 spiro atoms. The maximum Gasteiger partial charge on any atom is 0.0640 e. The molecule has 0 saturated heterocycles. The van der Waals surface area contributed by atoms with Crippen LogP contribution in [0.3, 0.4) is 0 Å². The van der Waals surface area contributed by atoms with Gasteiger partial charge in [0.2, 0.25) is 0 Å². The van der Waals surface area contributed by atoms with E-state index in [0.29, 0.717) is 0 Å². The van der Waals surface area contributed by atoms with Crippen LogP contribution in [0.2, 0.25) is 0 Å². The topological polar surface area (TPSA) is 6.48 Å². The molecular formula is C60H40N2S2. The monoisotopic (exact) mass is 852 g/mol. The number of thiophene rings is 2.